The van der Waals surface area contributed by atoms with Crippen molar-refractivity contribution in [1.29, 1.82) is 0 Å². The molecule has 3 N–H and O–H groups in total. The molecule has 10 aromatic rings. The standard InChI is InChI=1S/C28H31NO5.C25H26N2O5.C24H23NO5.C18H24O4.CH4.B.H2/c1-18-14-20(22-8-6-7-9-24(22)29-18)17-33-21-12-10-19(11-13-21)15-28(26(31)32-5)16-23(28)25(30)34-27(2,3)4;1-16-12-18(20-6-4-5-7-22(20)26-16)15-32-19-10-8-17(9-11-19)13-25(24(29)30-2)14-21(25)23(28)27-31-3;1-15-11-17(19-5-3-4-6-21(19)25-15)14-30-18-9-7-16(8-10-18)12-24(23(28)29-2)13-20(24)22(26)27;1-17(2,3)11-15(20)14-10-18(14,16(21)22-4)9-12-5-7-13(19)8-6-12;;;/h6-14,23H,15-17H2,1-5H3;4-12,21H,13-15H2,1-3H3,(H,27,28);3-11,20H,12-14H2,1-2H3,(H,26,27);5-8,14,19H,9-11H2,1-4H3;1H4;;1H/t23-,28+;21-,25+;20-,24+;14-,18+;;;/m1111.../s1/i;;;;;;1+1. The molecule has 24 heteroatoms. The summed E-state index contributed by atoms with van der Waals surface area (Å²) in [6, 6.07) is 59.5. The minimum atomic E-state index is -0.962. The van der Waals surface area contributed by atoms with E-state index in [1.807, 2.05) is 226 Å². The maximum Gasteiger partial charge on any atom is 0.313 e. The van der Waals surface area contributed by atoms with E-state index in [0.29, 0.717) is 83.4 Å². The second-order valence-electron chi connectivity index (χ2n) is 33.4. The number of pyridine rings is 3. The number of phenols is 1. The molecule has 23 nitrogen and oxygen atoms in total. The summed E-state index contributed by atoms with van der Waals surface area (Å²) in [7, 11) is 6.73. The third-order valence-electron chi connectivity index (χ3n) is 22.0. The molecule has 3 heterocycles. The summed E-state index contributed by atoms with van der Waals surface area (Å²) >= 11 is 0. The number of nitrogens with zero attached hydrogens (tertiary/aromatic N) is 3. The first-order valence-electron chi connectivity index (χ1n) is 39.3. The number of ether oxygens (including phenoxy) is 8. The Kier molecular flexibility index (Phi) is 29.7. The summed E-state index contributed by atoms with van der Waals surface area (Å²) < 4.78 is 43.4. The van der Waals surface area contributed by atoms with Crippen LogP contribution in [0.15, 0.2) is 188 Å². The maximum absolute atomic E-state index is 12.6. The number of aromatic hydroxyl groups is 1. The number of carbonyl (C=O) groups is 8. The Morgan fingerprint density at radius 2 is 0.733 bits per heavy atom. The third kappa shape index (κ3) is 22.3. The molecule has 120 heavy (non-hydrogen) atoms. The number of aliphatic carboxylic acids is 1. The lowest BCUT2D eigenvalue weighted by atomic mass is 9.85. The largest absolute Gasteiger partial charge is 0.508 e. The molecule has 4 aliphatic carbocycles. The van der Waals surface area contributed by atoms with Gasteiger partial charge in [0, 0.05) is 72.1 Å². The number of para-hydroxylation sites is 3. The number of hydroxylamine groups is 1. The van der Waals surface area contributed by atoms with E-state index in [-0.39, 0.29) is 69.9 Å². The van der Waals surface area contributed by atoms with E-state index < -0.39 is 57.0 Å². The van der Waals surface area contributed by atoms with E-state index >= 15 is 0 Å². The van der Waals surface area contributed by atoms with Crippen LogP contribution in [-0.2, 0) is 112 Å². The highest BCUT2D eigenvalue weighted by Gasteiger charge is 2.67. The molecule has 0 unspecified atom stereocenters. The van der Waals surface area contributed by atoms with Gasteiger partial charge in [0.25, 0.3) is 0 Å². The summed E-state index contributed by atoms with van der Waals surface area (Å²) in [5.74, 6) is -2.56. The molecule has 14 rings (SSSR count). The molecular weight excluding hydrogens is 1520 g/mol. The summed E-state index contributed by atoms with van der Waals surface area (Å²) in [5.41, 5.74) is 10.8. The van der Waals surface area contributed by atoms with Gasteiger partial charge in [0.1, 0.15) is 54.2 Å². The van der Waals surface area contributed by atoms with Crippen molar-refractivity contribution >= 4 is 88.6 Å². The Balaban J connectivity index is 0.000000201. The predicted octanol–water partition coefficient (Wildman–Crippen LogP) is 16.3. The van der Waals surface area contributed by atoms with Gasteiger partial charge in [-0.05, 0) is 206 Å². The highest BCUT2D eigenvalue weighted by Crippen LogP contribution is 2.60. The topological polar surface area (TPSA) is 311 Å². The van der Waals surface area contributed by atoms with Crippen molar-refractivity contribution < 1.29 is 92.7 Å². The number of carbonyl (C=O) groups excluding carboxylic acids is 7. The van der Waals surface area contributed by atoms with Crippen LogP contribution in [0.5, 0.6) is 23.0 Å². The number of carboxylic acids is 1. The first-order valence-corrected chi connectivity index (χ1v) is 39.3. The van der Waals surface area contributed by atoms with Crippen molar-refractivity contribution in [2.75, 3.05) is 35.5 Å². The van der Waals surface area contributed by atoms with Crippen LogP contribution in [0.4, 0.5) is 0 Å². The summed E-state index contributed by atoms with van der Waals surface area (Å²) in [6.45, 7) is 18.7. The molecule has 4 aliphatic rings. The maximum atomic E-state index is 12.6. The highest BCUT2D eigenvalue weighted by molar-refractivity contribution is 5.96. The average molecular weight is 1640 g/mol. The number of phenolic OH excluding ortho intramolecular Hbond substituents is 1. The fourth-order valence-corrected chi connectivity index (χ4v) is 15.8. The molecule has 0 bridgehead atoms. The lowest BCUT2D eigenvalue weighted by molar-refractivity contribution is -0.161. The number of esters is 5. The number of hydrogen-bond acceptors (Lipinski definition) is 21. The van der Waals surface area contributed by atoms with Crippen LogP contribution in [0.25, 0.3) is 32.7 Å². The van der Waals surface area contributed by atoms with Crippen molar-refractivity contribution in [2.24, 2.45) is 50.7 Å². The minimum absolute atomic E-state index is 0. The number of amides is 1. The van der Waals surface area contributed by atoms with Gasteiger partial charge in [0.2, 0.25) is 5.91 Å². The minimum Gasteiger partial charge on any atom is -0.508 e. The molecule has 0 saturated heterocycles. The Morgan fingerprint density at radius 3 is 1.05 bits per heavy atom. The van der Waals surface area contributed by atoms with Crippen LogP contribution in [0.3, 0.4) is 0 Å². The molecule has 1 amide bonds. The predicted molar refractivity (Wildman–Crippen MR) is 457 cm³/mol. The van der Waals surface area contributed by atoms with E-state index in [9.17, 15) is 48.6 Å². The van der Waals surface area contributed by atoms with Crippen molar-refractivity contribution in [3.05, 3.63) is 244 Å². The van der Waals surface area contributed by atoms with Crippen molar-refractivity contribution in [3.63, 3.8) is 0 Å². The van der Waals surface area contributed by atoms with Crippen molar-refractivity contribution in [2.45, 2.75) is 153 Å². The van der Waals surface area contributed by atoms with Crippen molar-refractivity contribution in [1.82, 2.24) is 20.4 Å². The van der Waals surface area contributed by atoms with E-state index in [0.717, 1.165) is 100 Å². The van der Waals surface area contributed by atoms with E-state index in [1.165, 1.54) is 35.5 Å². The lowest BCUT2D eigenvalue weighted by Crippen LogP contribution is -2.31. The first-order chi connectivity index (χ1) is 56.2. The van der Waals surface area contributed by atoms with Crippen molar-refractivity contribution in [3.8, 4) is 23.0 Å². The highest BCUT2D eigenvalue weighted by atomic mass is 16.6. The molecule has 4 fully saturated rings. The van der Waals surface area contributed by atoms with Gasteiger partial charge in [0.05, 0.1) is 91.5 Å². The number of aryl methyl sites for hydroxylation is 3. The normalized spacial score (nSPS) is 20.1. The van der Waals surface area contributed by atoms with Crippen LogP contribution in [-0.4, -0.2) is 122 Å². The van der Waals surface area contributed by atoms with Gasteiger partial charge in [-0.25, -0.2) is 5.48 Å². The fourth-order valence-electron chi connectivity index (χ4n) is 15.8. The number of benzene rings is 7. The summed E-state index contributed by atoms with van der Waals surface area (Å²) in [4.78, 5) is 116. The quantitative estimate of drug-likeness (QED) is 0.0186. The van der Waals surface area contributed by atoms with Gasteiger partial charge in [0.15, 0.2) is 0 Å². The molecule has 8 atom stereocenters. The Morgan fingerprint density at radius 1 is 0.433 bits per heavy atom. The molecule has 3 aromatic heterocycles. The van der Waals surface area contributed by atoms with Gasteiger partial charge < -0.3 is 48.1 Å². The Bertz CT molecular complexity index is 5350. The Hall–Kier alpha value is -12.0. The number of carboxylic acid groups (broad SMARTS) is 1. The zero-order chi connectivity index (χ0) is 85.1. The second-order valence-corrected chi connectivity index (χ2v) is 33.4. The van der Waals surface area contributed by atoms with Crippen LogP contribution < -0.4 is 19.7 Å². The summed E-state index contributed by atoms with van der Waals surface area (Å²) in [5, 5.41) is 21.9. The molecular formula is C96H110BN4O19. The summed E-state index contributed by atoms with van der Waals surface area (Å²) in [6.07, 6.45) is 3.83. The number of ketones is 1. The number of nitrogens with one attached hydrogen (secondary N) is 1. The van der Waals surface area contributed by atoms with E-state index in [1.54, 1.807) is 24.3 Å². The number of aromatic nitrogens is 3. The van der Waals surface area contributed by atoms with Gasteiger partial charge in [-0.2, -0.15) is 0 Å². The number of rotatable bonds is 27. The van der Waals surface area contributed by atoms with Crippen LogP contribution >= 0.6 is 0 Å². The first kappa shape index (κ1) is 91.8. The molecule has 3 radical (unpaired) electrons. The molecule has 0 spiro atoms. The van der Waals surface area contributed by atoms with Gasteiger partial charge in [-0.15, -0.1) is 0 Å². The molecule has 0 aliphatic heterocycles. The van der Waals surface area contributed by atoms with E-state index in [4.69, 9.17) is 42.7 Å². The van der Waals surface area contributed by atoms with E-state index in [2.05, 4.69) is 20.4 Å². The number of hydrogen-bond donors (Lipinski definition) is 3. The molecule has 7 aromatic carbocycles. The van der Waals surface area contributed by atoms with Crippen LogP contribution in [0.1, 0.15) is 139 Å². The monoisotopic (exact) mass is 1630 g/mol. The molecule has 4 saturated carbocycles. The number of fused-ring (bicyclic) bond motifs is 3. The second kappa shape index (κ2) is 38.8. The molecule has 631 valence electrons. The number of Topliss-reactive ketones (excluding diaryl/α,β-unsaturated/α-hetero) is 1. The van der Waals surface area contributed by atoms with Crippen LogP contribution in [0.2, 0.25) is 0 Å². The zero-order valence-electron chi connectivity index (χ0n) is 69.9. The van der Waals surface area contributed by atoms with Gasteiger partial charge >= 0.3 is 35.8 Å². The lowest BCUT2D eigenvalue weighted by Gasteiger charge is -2.21. The average Bonchev–Trinajstić information content (AvgIpc) is 1.56. The SMILES string of the molecule is C.COC(=O)[C@@]1(Cc2ccc(O)cc2)C[C@@H]1C(=O)CC(C)(C)C.COC(=O)[C@@]1(Cc2ccc(OCc3cc(C)nc4ccccc34)cc2)C[C@@H]1C(=O)O.COC(=O)[C@@]1(Cc2ccc(OCc3cc(C)nc4ccccc34)cc2)C[C@@H]1C(=O)OC(C)(C)C.CONC(=O)[C@H]1C[C@]1(Cc1ccc(OCc2cc(C)nc3ccccc23)cc1)C(=O)OC.[2HH].[B]. The third-order valence-corrected chi connectivity index (χ3v) is 22.0. The van der Waals surface area contributed by atoms with Gasteiger partial charge in [-0.1, -0.05) is 131 Å². The fraction of sp³-hybridized carbons (Fsp3) is 0.385. The van der Waals surface area contributed by atoms with Crippen LogP contribution in [0, 0.1) is 71.5 Å². The Labute approximate surface area is 704 Å². The van der Waals surface area contributed by atoms with Gasteiger partial charge in [-0.3, -0.25) is 58.1 Å². The zero-order valence-corrected chi connectivity index (χ0v) is 69.9. The smallest absolute Gasteiger partial charge is 0.313 e. The number of methoxy groups -OCH3 is 4.